The highest BCUT2D eigenvalue weighted by Gasteiger charge is 2.47. The number of halogens is 3. The molecule has 0 saturated heterocycles. The summed E-state index contributed by atoms with van der Waals surface area (Å²) >= 11 is 0. The van der Waals surface area contributed by atoms with Gasteiger partial charge in [-0.15, -0.1) is 0 Å². The summed E-state index contributed by atoms with van der Waals surface area (Å²) in [5, 5.41) is -2.53. The van der Waals surface area contributed by atoms with Crippen LogP contribution in [0.3, 0.4) is 0 Å². The molecule has 0 aliphatic heterocycles. The first-order valence-electron chi connectivity index (χ1n) is 5.78. The fourth-order valence-electron chi connectivity index (χ4n) is 1.40. The largest absolute Gasteiger partial charge is 0.406 e. The van der Waals surface area contributed by atoms with Gasteiger partial charge in [-0.05, 0) is 20.8 Å². The van der Waals surface area contributed by atoms with Crippen LogP contribution in [0.15, 0.2) is 0 Å². The van der Waals surface area contributed by atoms with E-state index in [0.29, 0.717) is 24.3 Å². The van der Waals surface area contributed by atoms with Gasteiger partial charge >= 0.3 is 6.18 Å². The van der Waals surface area contributed by atoms with Gasteiger partial charge in [0.05, 0.1) is 6.54 Å². The van der Waals surface area contributed by atoms with E-state index in [1.165, 1.54) is 4.90 Å². The molecule has 0 aliphatic rings. The van der Waals surface area contributed by atoms with Gasteiger partial charge < -0.3 is 4.90 Å². The molecular weight excluding hydrogens is 285 g/mol. The van der Waals surface area contributed by atoms with Crippen LogP contribution in [0, 0.1) is 0 Å². The minimum Gasteiger partial charge on any atom is -0.342 e. The zero-order valence-corrected chi connectivity index (χ0v) is 12.2. The van der Waals surface area contributed by atoms with Crippen molar-refractivity contribution in [2.24, 2.45) is 0 Å². The number of likely N-dealkylation sites (N-methyl/N-ethyl adjacent to an activating group) is 2. The van der Waals surface area contributed by atoms with Crippen molar-refractivity contribution in [3.8, 4) is 0 Å². The second-order valence-corrected chi connectivity index (χ2v) is 6.41. The fraction of sp³-hybridized carbons (Fsp3) is 0.900. The third-order valence-electron chi connectivity index (χ3n) is 2.82. The topological polar surface area (TPSA) is 57.7 Å². The second kappa shape index (κ2) is 6.56. The molecule has 9 heteroatoms. The van der Waals surface area contributed by atoms with E-state index in [9.17, 15) is 26.4 Å². The van der Waals surface area contributed by atoms with Crippen LogP contribution in [-0.4, -0.2) is 61.6 Å². The molecule has 0 radical (unpaired) electrons. The Hall–Kier alpha value is -0.830. The Morgan fingerprint density at radius 2 is 1.63 bits per heavy atom. The van der Waals surface area contributed by atoms with E-state index in [-0.39, 0.29) is 0 Å². The van der Waals surface area contributed by atoms with Crippen molar-refractivity contribution in [1.82, 2.24) is 9.21 Å². The summed E-state index contributed by atoms with van der Waals surface area (Å²) in [6, 6.07) is 0. The summed E-state index contributed by atoms with van der Waals surface area (Å²) in [6.07, 6.45) is -4.86. The van der Waals surface area contributed by atoms with Crippen LogP contribution in [-0.2, 0) is 14.8 Å². The van der Waals surface area contributed by atoms with Crippen LogP contribution >= 0.6 is 0 Å². The van der Waals surface area contributed by atoms with Crippen molar-refractivity contribution in [1.29, 1.82) is 0 Å². The number of hydrogen-bond acceptors (Lipinski definition) is 3. The molecule has 19 heavy (non-hydrogen) atoms. The maximum atomic E-state index is 12.4. The molecule has 1 amide bonds. The van der Waals surface area contributed by atoms with Gasteiger partial charge in [0.1, 0.15) is 0 Å². The monoisotopic (exact) mass is 304 g/mol. The van der Waals surface area contributed by atoms with Crippen molar-refractivity contribution in [2.75, 3.05) is 26.7 Å². The van der Waals surface area contributed by atoms with Crippen molar-refractivity contribution in [3.63, 3.8) is 0 Å². The molecule has 0 bridgehead atoms. The van der Waals surface area contributed by atoms with Crippen LogP contribution < -0.4 is 0 Å². The molecule has 0 rings (SSSR count). The Morgan fingerprint density at radius 1 is 1.21 bits per heavy atom. The van der Waals surface area contributed by atoms with Crippen molar-refractivity contribution in [2.45, 2.75) is 32.2 Å². The summed E-state index contributed by atoms with van der Waals surface area (Å²) in [7, 11) is -3.61. The zero-order valence-electron chi connectivity index (χ0n) is 11.4. The number of carbonyl (C=O) groups is 1. The molecule has 0 saturated carbocycles. The number of amides is 1. The fourth-order valence-corrected chi connectivity index (χ4v) is 2.56. The van der Waals surface area contributed by atoms with E-state index in [0.717, 1.165) is 7.05 Å². The van der Waals surface area contributed by atoms with E-state index < -0.39 is 33.9 Å². The first kappa shape index (κ1) is 18.2. The zero-order chi connectivity index (χ0) is 15.4. The Balaban J connectivity index is 4.93. The molecule has 1 atom stereocenters. The number of rotatable bonds is 6. The molecule has 0 N–H and O–H groups in total. The normalized spacial score (nSPS) is 14.5. The Morgan fingerprint density at radius 3 is 1.95 bits per heavy atom. The maximum absolute atomic E-state index is 12.4. The lowest BCUT2D eigenvalue weighted by atomic mass is 10.4. The Bertz CT molecular complexity index is 405. The van der Waals surface area contributed by atoms with E-state index in [1.54, 1.807) is 13.8 Å². The van der Waals surface area contributed by atoms with E-state index >= 15 is 0 Å². The second-order valence-electron chi connectivity index (χ2n) is 4.05. The molecule has 0 spiro atoms. The van der Waals surface area contributed by atoms with Crippen LogP contribution in [0.1, 0.15) is 20.8 Å². The molecule has 0 heterocycles. The van der Waals surface area contributed by atoms with Gasteiger partial charge in [-0.25, -0.2) is 8.42 Å². The van der Waals surface area contributed by atoms with Gasteiger partial charge in [0.15, 0.2) is 5.25 Å². The SMILES string of the molecule is CCN(CC)C(=O)CN(C)S(=O)(=O)[C@H](C)C(F)(F)F. The number of carbonyl (C=O) groups excluding carboxylic acids is 1. The highest BCUT2D eigenvalue weighted by atomic mass is 32.2. The average molecular weight is 304 g/mol. The number of hydrogen-bond donors (Lipinski definition) is 0. The van der Waals surface area contributed by atoms with Gasteiger partial charge in [-0.3, -0.25) is 4.79 Å². The van der Waals surface area contributed by atoms with Crippen molar-refractivity contribution in [3.05, 3.63) is 0 Å². The van der Waals surface area contributed by atoms with Gasteiger partial charge in [0.2, 0.25) is 15.9 Å². The molecule has 114 valence electrons. The third kappa shape index (κ3) is 4.64. The first-order chi connectivity index (χ1) is 8.48. The van der Waals surface area contributed by atoms with Crippen molar-refractivity contribution >= 4 is 15.9 Å². The molecule has 0 fully saturated rings. The predicted molar refractivity (Wildman–Crippen MR) is 65.0 cm³/mol. The highest BCUT2D eigenvalue weighted by Crippen LogP contribution is 2.27. The Kier molecular flexibility index (Phi) is 6.27. The molecule has 0 aliphatic carbocycles. The van der Waals surface area contributed by atoms with Crippen molar-refractivity contribution < 1.29 is 26.4 Å². The molecule has 0 aromatic heterocycles. The summed E-state index contributed by atoms with van der Waals surface area (Å²) in [5.41, 5.74) is 0. The van der Waals surface area contributed by atoms with Gasteiger partial charge in [0, 0.05) is 20.1 Å². The molecule has 0 unspecified atom stereocenters. The van der Waals surface area contributed by atoms with Crippen LogP contribution in [0.5, 0.6) is 0 Å². The van der Waals surface area contributed by atoms with E-state index in [2.05, 4.69) is 0 Å². The number of alkyl halides is 3. The predicted octanol–water partition coefficient (Wildman–Crippen LogP) is 1.07. The Labute approximate surface area is 111 Å². The van der Waals surface area contributed by atoms with Gasteiger partial charge in [0.25, 0.3) is 0 Å². The lowest BCUT2D eigenvalue weighted by Crippen LogP contribution is -2.47. The standard InChI is InChI=1S/C10H19F3N2O3S/c1-5-15(6-2)9(16)7-14(4)19(17,18)8(3)10(11,12)13/h8H,5-7H2,1-4H3/t8-/m1/s1. The highest BCUT2D eigenvalue weighted by molar-refractivity contribution is 7.89. The van der Waals surface area contributed by atoms with Crippen LogP contribution in [0.25, 0.3) is 0 Å². The van der Waals surface area contributed by atoms with E-state index in [1.807, 2.05) is 0 Å². The quantitative estimate of drug-likeness (QED) is 0.737. The first-order valence-corrected chi connectivity index (χ1v) is 7.28. The van der Waals surface area contributed by atoms with Gasteiger partial charge in [-0.2, -0.15) is 17.5 Å². The lowest BCUT2D eigenvalue weighted by Gasteiger charge is -2.26. The van der Waals surface area contributed by atoms with Gasteiger partial charge in [-0.1, -0.05) is 0 Å². The van der Waals surface area contributed by atoms with Crippen LogP contribution in [0.2, 0.25) is 0 Å². The lowest BCUT2D eigenvalue weighted by molar-refractivity contribution is -0.132. The minimum absolute atomic E-state index is 0.373. The maximum Gasteiger partial charge on any atom is 0.406 e. The molecule has 5 nitrogen and oxygen atoms in total. The van der Waals surface area contributed by atoms with Crippen LogP contribution in [0.4, 0.5) is 13.2 Å². The van der Waals surface area contributed by atoms with E-state index in [4.69, 9.17) is 0 Å². The smallest absolute Gasteiger partial charge is 0.342 e. The molecule has 0 aromatic rings. The summed E-state index contributed by atoms with van der Waals surface area (Å²) in [6.45, 7) is 4.12. The third-order valence-corrected chi connectivity index (χ3v) is 4.98. The minimum atomic E-state index is -4.86. The summed E-state index contributed by atoms with van der Waals surface area (Å²) < 4.78 is 61.0. The molecule has 0 aromatic carbocycles. The number of sulfonamides is 1. The average Bonchev–Trinajstić information content (AvgIpc) is 2.28. The molecular formula is C10H19F3N2O3S. The number of nitrogens with zero attached hydrogens (tertiary/aromatic N) is 2. The summed E-state index contributed by atoms with van der Waals surface area (Å²) in [4.78, 5) is 13.0. The summed E-state index contributed by atoms with van der Waals surface area (Å²) in [5.74, 6) is -0.523.